The summed E-state index contributed by atoms with van der Waals surface area (Å²) in [7, 11) is 1.78. The summed E-state index contributed by atoms with van der Waals surface area (Å²) >= 11 is 6.02. The molecular weight excluding hydrogens is 340 g/mol. The van der Waals surface area contributed by atoms with Gasteiger partial charge in [0.1, 0.15) is 17.5 Å². The van der Waals surface area contributed by atoms with E-state index in [-0.39, 0.29) is 22.9 Å². The van der Waals surface area contributed by atoms with Crippen molar-refractivity contribution in [2.75, 3.05) is 11.5 Å². The lowest BCUT2D eigenvalue weighted by atomic mass is 10.1. The van der Waals surface area contributed by atoms with Crippen molar-refractivity contribution in [2.45, 2.75) is 13.3 Å². The molecule has 0 spiro atoms. The molecule has 128 valence electrons. The first-order chi connectivity index (χ1) is 11.9. The third-order valence-corrected chi connectivity index (χ3v) is 3.95. The predicted molar refractivity (Wildman–Crippen MR) is 99.1 cm³/mol. The van der Waals surface area contributed by atoms with Crippen molar-refractivity contribution in [3.8, 4) is 6.07 Å². The number of halogens is 1. The van der Waals surface area contributed by atoms with Gasteiger partial charge in [-0.05, 0) is 23.9 Å². The highest BCUT2D eigenvalue weighted by Crippen LogP contribution is 2.20. The molecule has 0 amide bonds. The van der Waals surface area contributed by atoms with Gasteiger partial charge in [0.2, 0.25) is 5.95 Å². The smallest absolute Gasteiger partial charge is 0.259 e. The van der Waals surface area contributed by atoms with Crippen molar-refractivity contribution in [2.24, 2.45) is 7.05 Å². The molecule has 0 fully saturated rings. The van der Waals surface area contributed by atoms with Crippen LogP contribution in [0.3, 0.4) is 0 Å². The standard InChI is InChI=1S/C12H12ClNO.C5H5N5/c1-3-9-7-8-5-4-6-10(13)11(8)12(15)14(9)2;6-1-3-2-9-5(8)10-4(3)7/h4-7H,3H2,1-2H3;2H,(H4,7,8,9,10). The van der Waals surface area contributed by atoms with Crippen molar-refractivity contribution in [3.63, 3.8) is 0 Å². The van der Waals surface area contributed by atoms with Gasteiger partial charge in [0, 0.05) is 12.7 Å². The number of anilines is 2. The van der Waals surface area contributed by atoms with E-state index in [2.05, 4.69) is 9.97 Å². The van der Waals surface area contributed by atoms with E-state index in [1.807, 2.05) is 31.2 Å². The summed E-state index contributed by atoms with van der Waals surface area (Å²) in [5.74, 6) is 0.200. The summed E-state index contributed by atoms with van der Waals surface area (Å²) in [6, 6.07) is 9.36. The summed E-state index contributed by atoms with van der Waals surface area (Å²) in [5.41, 5.74) is 11.7. The number of nitrogen functional groups attached to an aromatic ring is 2. The third kappa shape index (κ3) is 3.87. The average molecular weight is 357 g/mol. The van der Waals surface area contributed by atoms with Crippen LogP contribution in [0.2, 0.25) is 5.02 Å². The average Bonchev–Trinajstić information content (AvgIpc) is 2.58. The first-order valence-corrected chi connectivity index (χ1v) is 7.82. The number of benzene rings is 1. The molecule has 2 aromatic heterocycles. The maximum Gasteiger partial charge on any atom is 0.259 e. The normalized spacial score (nSPS) is 10.0. The monoisotopic (exact) mass is 356 g/mol. The summed E-state index contributed by atoms with van der Waals surface area (Å²) in [6.07, 6.45) is 2.13. The number of nitrogens with two attached hydrogens (primary N) is 2. The molecule has 0 aliphatic rings. The number of hydrogen-bond donors (Lipinski definition) is 2. The third-order valence-electron chi connectivity index (χ3n) is 3.64. The minimum Gasteiger partial charge on any atom is -0.382 e. The molecule has 8 heteroatoms. The fourth-order valence-corrected chi connectivity index (χ4v) is 2.56. The van der Waals surface area contributed by atoms with Crippen molar-refractivity contribution in [1.29, 1.82) is 5.26 Å². The maximum atomic E-state index is 12.0. The van der Waals surface area contributed by atoms with Gasteiger partial charge in [-0.1, -0.05) is 30.7 Å². The van der Waals surface area contributed by atoms with Gasteiger partial charge in [0.15, 0.2) is 0 Å². The molecule has 0 unspecified atom stereocenters. The van der Waals surface area contributed by atoms with E-state index in [4.69, 9.17) is 28.3 Å². The minimum atomic E-state index is -0.0186. The number of aryl methyl sites for hydroxylation is 1. The highest BCUT2D eigenvalue weighted by molar-refractivity contribution is 6.35. The Kier molecular flexibility index (Phi) is 5.57. The molecule has 25 heavy (non-hydrogen) atoms. The molecule has 7 nitrogen and oxygen atoms in total. The van der Waals surface area contributed by atoms with E-state index in [1.165, 1.54) is 6.20 Å². The molecule has 0 aliphatic carbocycles. The highest BCUT2D eigenvalue weighted by Gasteiger charge is 2.07. The molecule has 0 saturated heterocycles. The first-order valence-electron chi connectivity index (χ1n) is 7.44. The lowest BCUT2D eigenvalue weighted by molar-refractivity contribution is 0.793. The molecule has 0 aliphatic heterocycles. The van der Waals surface area contributed by atoms with Gasteiger partial charge >= 0.3 is 0 Å². The zero-order valence-electron chi connectivity index (χ0n) is 13.8. The molecule has 2 heterocycles. The Hall–Kier alpha value is -3.11. The molecule has 1 aromatic carbocycles. The van der Waals surface area contributed by atoms with Gasteiger partial charge in [-0.25, -0.2) is 4.98 Å². The van der Waals surface area contributed by atoms with E-state index >= 15 is 0 Å². The van der Waals surface area contributed by atoms with Crippen LogP contribution in [-0.2, 0) is 13.5 Å². The van der Waals surface area contributed by atoms with Crippen molar-refractivity contribution >= 4 is 34.1 Å². The van der Waals surface area contributed by atoms with E-state index < -0.39 is 0 Å². The van der Waals surface area contributed by atoms with Crippen molar-refractivity contribution < 1.29 is 0 Å². The maximum absolute atomic E-state index is 12.0. The van der Waals surface area contributed by atoms with Crippen LogP contribution < -0.4 is 17.0 Å². The van der Waals surface area contributed by atoms with Gasteiger partial charge in [0.25, 0.3) is 5.56 Å². The molecule has 0 radical (unpaired) electrons. The van der Waals surface area contributed by atoms with Gasteiger partial charge < -0.3 is 16.0 Å². The molecule has 0 atom stereocenters. The topological polar surface area (TPSA) is 124 Å². The molecular formula is C17H17ClN6O. The Morgan fingerprint density at radius 3 is 2.68 bits per heavy atom. The Labute approximate surface area is 149 Å². The number of nitrogens with zero attached hydrogens (tertiary/aromatic N) is 4. The minimum absolute atomic E-state index is 0.0186. The van der Waals surface area contributed by atoms with Gasteiger partial charge in [0.05, 0.1) is 16.6 Å². The Morgan fingerprint density at radius 2 is 2.08 bits per heavy atom. The van der Waals surface area contributed by atoms with Crippen LogP contribution in [0.1, 0.15) is 18.2 Å². The van der Waals surface area contributed by atoms with E-state index in [0.29, 0.717) is 10.4 Å². The molecule has 4 N–H and O–H groups in total. The quantitative estimate of drug-likeness (QED) is 0.689. The fraction of sp³-hybridized carbons (Fsp3) is 0.176. The summed E-state index contributed by atoms with van der Waals surface area (Å²) in [4.78, 5) is 19.1. The van der Waals surface area contributed by atoms with Crippen LogP contribution in [0.4, 0.5) is 11.8 Å². The lowest BCUT2D eigenvalue weighted by Gasteiger charge is -2.08. The van der Waals surface area contributed by atoms with Crippen LogP contribution in [0.25, 0.3) is 10.8 Å². The fourth-order valence-electron chi connectivity index (χ4n) is 2.30. The number of fused-ring (bicyclic) bond motifs is 1. The lowest BCUT2D eigenvalue weighted by Crippen LogP contribution is -2.20. The van der Waals surface area contributed by atoms with Crippen molar-refractivity contribution in [1.82, 2.24) is 14.5 Å². The molecule has 0 saturated carbocycles. The van der Waals surface area contributed by atoms with Crippen molar-refractivity contribution in [3.05, 3.63) is 57.1 Å². The SMILES string of the molecule is CCc1cc2cccc(Cl)c2c(=O)n1C.N#Cc1cnc(N)nc1N. The van der Waals surface area contributed by atoms with Gasteiger partial charge in [-0.2, -0.15) is 10.2 Å². The Balaban J connectivity index is 0.000000196. The second kappa shape index (κ2) is 7.64. The summed E-state index contributed by atoms with van der Waals surface area (Å²) < 4.78 is 1.66. The van der Waals surface area contributed by atoms with Gasteiger partial charge in [-0.3, -0.25) is 4.79 Å². The highest BCUT2D eigenvalue weighted by atomic mass is 35.5. The number of aromatic nitrogens is 3. The summed E-state index contributed by atoms with van der Waals surface area (Å²) in [6.45, 7) is 2.03. The predicted octanol–water partition coefficient (Wildman–Crippen LogP) is 2.27. The van der Waals surface area contributed by atoms with Crippen LogP contribution in [-0.4, -0.2) is 14.5 Å². The molecule has 0 bridgehead atoms. The number of nitriles is 1. The van der Waals surface area contributed by atoms with E-state index in [1.54, 1.807) is 17.7 Å². The zero-order valence-corrected chi connectivity index (χ0v) is 14.6. The zero-order chi connectivity index (χ0) is 18.6. The van der Waals surface area contributed by atoms with Crippen LogP contribution >= 0.6 is 11.6 Å². The van der Waals surface area contributed by atoms with E-state index in [0.717, 1.165) is 17.5 Å². The van der Waals surface area contributed by atoms with Gasteiger partial charge in [-0.15, -0.1) is 0 Å². The number of pyridine rings is 1. The van der Waals surface area contributed by atoms with Crippen LogP contribution in [0, 0.1) is 11.3 Å². The second-order valence-corrected chi connectivity index (χ2v) is 5.60. The summed E-state index contributed by atoms with van der Waals surface area (Å²) in [5, 5.41) is 10.4. The number of hydrogen-bond acceptors (Lipinski definition) is 6. The Bertz CT molecular complexity index is 1020. The first kappa shape index (κ1) is 18.2. The van der Waals surface area contributed by atoms with Crippen LogP contribution in [0.5, 0.6) is 0 Å². The largest absolute Gasteiger partial charge is 0.382 e. The Morgan fingerprint density at radius 1 is 1.36 bits per heavy atom. The molecule has 3 rings (SSSR count). The number of rotatable bonds is 1. The van der Waals surface area contributed by atoms with Crippen LogP contribution in [0.15, 0.2) is 35.3 Å². The van der Waals surface area contributed by atoms with E-state index in [9.17, 15) is 4.79 Å². The second-order valence-electron chi connectivity index (χ2n) is 5.20. The molecule has 3 aromatic rings.